The molecule has 1 saturated heterocycles. The number of piperidine rings is 1. The van der Waals surface area contributed by atoms with Gasteiger partial charge in [-0.05, 0) is 45.7 Å². The average molecular weight is 382 g/mol. The van der Waals surface area contributed by atoms with E-state index < -0.39 is 28.6 Å². The number of rotatable bonds is 2. The van der Waals surface area contributed by atoms with Crippen LogP contribution >= 0.6 is 0 Å². The fourth-order valence-corrected chi connectivity index (χ4v) is 3.17. The Morgan fingerprint density at radius 3 is 2.41 bits per heavy atom. The Balaban J connectivity index is 2.08. The van der Waals surface area contributed by atoms with Crippen LogP contribution in [-0.4, -0.2) is 41.6 Å². The Bertz CT molecular complexity index is 741. The van der Waals surface area contributed by atoms with E-state index >= 15 is 0 Å². The number of amides is 2. The number of hydrogen-bond acceptors (Lipinski definition) is 3. The zero-order valence-electron chi connectivity index (χ0n) is 16.8. The van der Waals surface area contributed by atoms with Crippen LogP contribution in [0.5, 0.6) is 0 Å². The molecule has 0 bridgehead atoms. The molecule has 150 valence electrons. The molecule has 5 nitrogen and oxygen atoms in total. The van der Waals surface area contributed by atoms with Crippen LogP contribution in [0.3, 0.4) is 0 Å². The van der Waals surface area contributed by atoms with Crippen LogP contribution in [0.25, 0.3) is 0 Å². The maximum Gasteiger partial charge on any atom is 0.410 e. The summed E-state index contributed by atoms with van der Waals surface area (Å²) in [5.74, 6) is -2.16. The number of carbonyl (C=O) groups is 2. The second kappa shape index (κ2) is 7.44. The van der Waals surface area contributed by atoms with Crippen molar-refractivity contribution in [3.05, 3.63) is 34.9 Å². The molecule has 2 amide bonds. The number of nitrogens with zero attached hydrogens (tertiary/aromatic N) is 1. The van der Waals surface area contributed by atoms with Gasteiger partial charge in [-0.3, -0.25) is 4.79 Å². The van der Waals surface area contributed by atoms with Crippen molar-refractivity contribution in [1.29, 1.82) is 0 Å². The predicted molar refractivity (Wildman–Crippen MR) is 98.6 cm³/mol. The predicted octanol–water partition coefficient (Wildman–Crippen LogP) is 4.04. The molecular weight excluding hydrogens is 354 g/mol. The highest BCUT2D eigenvalue weighted by molar-refractivity contribution is 5.95. The summed E-state index contributed by atoms with van der Waals surface area (Å²) in [4.78, 5) is 26.4. The minimum Gasteiger partial charge on any atom is -0.444 e. The number of nitrogens with one attached hydrogen (secondary N) is 1. The first-order valence-electron chi connectivity index (χ1n) is 9.04. The second-order valence-corrected chi connectivity index (χ2v) is 8.79. The quantitative estimate of drug-likeness (QED) is 0.840. The molecule has 0 aromatic heterocycles. The molecule has 0 aliphatic carbocycles. The van der Waals surface area contributed by atoms with Gasteiger partial charge in [-0.1, -0.05) is 13.8 Å². The van der Waals surface area contributed by atoms with E-state index in [4.69, 9.17) is 4.74 Å². The molecule has 1 heterocycles. The molecule has 1 N–H and O–H groups in total. The Kier molecular flexibility index (Phi) is 5.82. The van der Waals surface area contributed by atoms with Crippen LogP contribution in [-0.2, 0) is 4.74 Å². The number of halogens is 2. The summed E-state index contributed by atoms with van der Waals surface area (Å²) in [5, 5.41) is 2.84. The SMILES string of the molecule is Cc1cc(C(=O)N[C@H]2CCN(C(=O)OC(C)(C)C)CC2(C)C)c(F)cc1F. The number of hydrogen-bond donors (Lipinski definition) is 1. The van der Waals surface area contributed by atoms with Crippen molar-refractivity contribution in [2.24, 2.45) is 5.41 Å². The van der Waals surface area contributed by atoms with E-state index in [2.05, 4.69) is 5.32 Å². The minimum absolute atomic E-state index is 0.181. The van der Waals surface area contributed by atoms with Crippen LogP contribution < -0.4 is 5.32 Å². The fourth-order valence-electron chi connectivity index (χ4n) is 3.17. The summed E-state index contributed by atoms with van der Waals surface area (Å²) in [6.07, 6.45) is 0.125. The maximum absolute atomic E-state index is 14.0. The molecule has 0 unspecified atom stereocenters. The highest BCUT2D eigenvalue weighted by Crippen LogP contribution is 2.30. The van der Waals surface area contributed by atoms with Gasteiger partial charge >= 0.3 is 6.09 Å². The third-order valence-corrected chi connectivity index (χ3v) is 4.68. The molecule has 7 heteroatoms. The van der Waals surface area contributed by atoms with E-state index in [0.29, 0.717) is 19.5 Å². The highest BCUT2D eigenvalue weighted by Gasteiger charge is 2.40. The van der Waals surface area contributed by atoms with E-state index in [0.717, 1.165) is 6.07 Å². The summed E-state index contributed by atoms with van der Waals surface area (Å²) in [6.45, 7) is 11.6. The second-order valence-electron chi connectivity index (χ2n) is 8.79. The molecule has 0 spiro atoms. The molecule has 1 fully saturated rings. The van der Waals surface area contributed by atoms with Gasteiger partial charge < -0.3 is 15.0 Å². The number of ether oxygens (including phenoxy) is 1. The van der Waals surface area contributed by atoms with Gasteiger partial charge in [-0.25, -0.2) is 13.6 Å². The van der Waals surface area contributed by atoms with Gasteiger partial charge in [-0.2, -0.15) is 0 Å². The van der Waals surface area contributed by atoms with Gasteiger partial charge in [0.15, 0.2) is 0 Å². The number of aryl methyl sites for hydroxylation is 1. The fraction of sp³-hybridized carbons (Fsp3) is 0.600. The van der Waals surface area contributed by atoms with E-state index in [1.165, 1.54) is 13.0 Å². The van der Waals surface area contributed by atoms with Gasteiger partial charge in [0.05, 0.1) is 5.56 Å². The van der Waals surface area contributed by atoms with Crippen LogP contribution in [0.2, 0.25) is 0 Å². The lowest BCUT2D eigenvalue weighted by Crippen LogP contribution is -2.57. The van der Waals surface area contributed by atoms with Crippen LogP contribution in [0.15, 0.2) is 12.1 Å². The largest absolute Gasteiger partial charge is 0.444 e. The normalized spacial score (nSPS) is 19.6. The lowest BCUT2D eigenvalue weighted by Gasteiger charge is -2.44. The molecule has 1 aromatic rings. The van der Waals surface area contributed by atoms with Crippen LogP contribution in [0.4, 0.5) is 13.6 Å². The van der Waals surface area contributed by atoms with Crippen molar-refractivity contribution in [2.45, 2.75) is 59.6 Å². The third kappa shape index (κ3) is 5.17. The number of carbonyl (C=O) groups excluding carboxylic acids is 2. The standard InChI is InChI=1S/C20H28F2N2O3/c1-12-9-13(15(22)10-14(12)21)17(25)23-16-7-8-24(11-20(16,5)6)18(26)27-19(2,3)4/h9-10,16H,7-8,11H2,1-6H3,(H,23,25)/t16-/m0/s1. The van der Waals surface area contributed by atoms with Gasteiger partial charge in [0.1, 0.15) is 17.2 Å². The summed E-state index contributed by atoms with van der Waals surface area (Å²) >= 11 is 0. The van der Waals surface area contributed by atoms with Gasteiger partial charge in [0, 0.05) is 30.6 Å². The van der Waals surface area contributed by atoms with Crippen LogP contribution in [0.1, 0.15) is 57.0 Å². The molecule has 1 aliphatic rings. The highest BCUT2D eigenvalue weighted by atomic mass is 19.1. The Hall–Kier alpha value is -2.18. The number of likely N-dealkylation sites (tertiary alicyclic amines) is 1. The topological polar surface area (TPSA) is 58.6 Å². The molecule has 1 aromatic carbocycles. The van der Waals surface area contributed by atoms with E-state index in [9.17, 15) is 18.4 Å². The van der Waals surface area contributed by atoms with Crippen molar-refractivity contribution >= 4 is 12.0 Å². The zero-order valence-corrected chi connectivity index (χ0v) is 16.8. The van der Waals surface area contributed by atoms with Crippen molar-refractivity contribution in [1.82, 2.24) is 10.2 Å². The van der Waals surface area contributed by atoms with Crippen LogP contribution in [0, 0.1) is 24.0 Å². The number of benzene rings is 1. The Morgan fingerprint density at radius 1 is 1.22 bits per heavy atom. The lowest BCUT2D eigenvalue weighted by molar-refractivity contribution is 0.00269. The van der Waals surface area contributed by atoms with Crippen molar-refractivity contribution in [3.63, 3.8) is 0 Å². The van der Waals surface area contributed by atoms with Gasteiger partial charge in [0.2, 0.25) is 0 Å². The maximum atomic E-state index is 14.0. The monoisotopic (exact) mass is 382 g/mol. The summed E-state index contributed by atoms with van der Waals surface area (Å²) in [7, 11) is 0. The molecule has 0 radical (unpaired) electrons. The first kappa shape index (κ1) is 21.1. The first-order chi connectivity index (χ1) is 12.3. The average Bonchev–Trinajstić information content (AvgIpc) is 2.50. The Labute approximate surface area is 159 Å². The van der Waals surface area contributed by atoms with Gasteiger partial charge in [-0.15, -0.1) is 0 Å². The minimum atomic E-state index is -0.889. The van der Waals surface area contributed by atoms with E-state index in [1.54, 1.807) is 4.90 Å². The molecule has 1 aliphatic heterocycles. The first-order valence-corrected chi connectivity index (χ1v) is 9.04. The molecular formula is C20H28F2N2O3. The molecule has 27 heavy (non-hydrogen) atoms. The summed E-state index contributed by atoms with van der Waals surface area (Å²) < 4.78 is 32.8. The lowest BCUT2D eigenvalue weighted by atomic mass is 9.79. The van der Waals surface area contributed by atoms with E-state index in [-0.39, 0.29) is 23.3 Å². The Morgan fingerprint density at radius 2 is 1.85 bits per heavy atom. The van der Waals surface area contributed by atoms with Gasteiger partial charge in [0.25, 0.3) is 5.91 Å². The molecule has 0 saturated carbocycles. The van der Waals surface area contributed by atoms with Crippen molar-refractivity contribution in [2.75, 3.05) is 13.1 Å². The zero-order chi connectivity index (χ0) is 20.6. The molecule has 2 rings (SSSR count). The van der Waals surface area contributed by atoms with E-state index in [1.807, 2.05) is 34.6 Å². The summed E-state index contributed by atoms with van der Waals surface area (Å²) in [5.41, 5.74) is -0.986. The molecule has 1 atom stereocenters. The third-order valence-electron chi connectivity index (χ3n) is 4.68. The smallest absolute Gasteiger partial charge is 0.410 e. The van der Waals surface area contributed by atoms with Crippen molar-refractivity contribution in [3.8, 4) is 0 Å². The van der Waals surface area contributed by atoms with Crippen molar-refractivity contribution < 1.29 is 23.1 Å². The summed E-state index contributed by atoms with van der Waals surface area (Å²) in [6, 6.07) is 1.68.